The number of carbonyl (C=O) groups is 4. The second-order valence-electron chi connectivity index (χ2n) is 2.29. The molecule has 66 valence electrons. The summed E-state index contributed by atoms with van der Waals surface area (Å²) in [6.45, 7) is 0. The second kappa shape index (κ2) is 3.04. The van der Waals surface area contributed by atoms with Crippen LogP contribution in [-0.4, -0.2) is 23.1 Å². The summed E-state index contributed by atoms with van der Waals surface area (Å²) in [4.78, 5) is 43.2. The molecule has 0 N–H and O–H groups in total. The molecule has 14 heavy (non-hydrogen) atoms. The van der Waals surface area contributed by atoms with Crippen LogP contribution in [0.2, 0.25) is 0 Å². The monoisotopic (exact) mass is 188 g/mol. The highest BCUT2D eigenvalue weighted by atomic mass is 16.2. The minimum atomic E-state index is -1.49. The second-order valence-corrected chi connectivity index (χ2v) is 2.29. The quantitative estimate of drug-likeness (QED) is 0.200. The van der Waals surface area contributed by atoms with Crippen LogP contribution in [0.4, 0.5) is 0 Å². The van der Waals surface area contributed by atoms with E-state index in [9.17, 15) is 19.2 Å². The molecule has 0 spiro atoms. The fourth-order valence-corrected chi connectivity index (χ4v) is 0.900. The number of hydrogen-bond donors (Lipinski definition) is 0. The van der Waals surface area contributed by atoms with Gasteiger partial charge in [-0.15, -0.1) is 0 Å². The highest BCUT2D eigenvalue weighted by molar-refractivity contribution is 6.91. The predicted octanol–water partition coefficient (Wildman–Crippen LogP) is -1.38. The summed E-state index contributed by atoms with van der Waals surface area (Å²) in [6, 6.07) is 2.54. The largest absolute Gasteiger partial charge is 0.284 e. The first kappa shape index (κ1) is 9.49. The Balaban J connectivity index is 3.52. The molecule has 1 fully saturated rings. The summed E-state index contributed by atoms with van der Waals surface area (Å²) in [7, 11) is 0. The maximum Gasteiger partial charge on any atom is 0.277 e. The van der Waals surface area contributed by atoms with E-state index in [0.717, 1.165) is 0 Å². The van der Waals surface area contributed by atoms with Crippen LogP contribution in [0, 0.1) is 22.7 Å². The number of nitrogens with zero attached hydrogens (tertiary/aromatic N) is 2. The fourth-order valence-electron chi connectivity index (χ4n) is 0.900. The van der Waals surface area contributed by atoms with Crippen LogP contribution in [0.3, 0.4) is 0 Å². The molecule has 0 aromatic carbocycles. The van der Waals surface area contributed by atoms with E-state index in [0.29, 0.717) is 0 Å². The molecule has 1 aliphatic rings. The lowest BCUT2D eigenvalue weighted by Gasteiger charge is -1.86. The van der Waals surface area contributed by atoms with Gasteiger partial charge in [0.05, 0.1) is 0 Å². The number of hydrogen-bond acceptors (Lipinski definition) is 6. The zero-order chi connectivity index (χ0) is 10.9. The third kappa shape index (κ3) is 1.03. The van der Waals surface area contributed by atoms with E-state index >= 15 is 0 Å². The van der Waals surface area contributed by atoms with Crippen molar-refractivity contribution in [3.05, 3.63) is 11.1 Å². The third-order valence-electron chi connectivity index (χ3n) is 1.55. The van der Waals surface area contributed by atoms with Crippen LogP contribution >= 0.6 is 0 Å². The minimum absolute atomic E-state index is 0.806. The lowest BCUT2D eigenvalue weighted by atomic mass is 10.1. The van der Waals surface area contributed by atoms with Gasteiger partial charge in [-0.3, -0.25) is 19.2 Å². The summed E-state index contributed by atoms with van der Waals surface area (Å²) in [6.07, 6.45) is 0. The van der Waals surface area contributed by atoms with E-state index in [1.807, 2.05) is 0 Å². The van der Waals surface area contributed by atoms with Crippen LogP contribution in [-0.2, 0) is 19.2 Å². The lowest BCUT2D eigenvalue weighted by Crippen LogP contribution is -2.15. The molecule has 0 aromatic rings. The summed E-state index contributed by atoms with van der Waals surface area (Å²) in [5.74, 6) is -5.74. The number of nitriles is 2. The zero-order valence-electron chi connectivity index (χ0n) is 6.53. The number of carbonyl (C=O) groups excluding carboxylic acids is 4. The molecular formula is C8N2O4. The molecule has 1 rings (SSSR count). The van der Waals surface area contributed by atoms with Gasteiger partial charge in [-0.1, -0.05) is 0 Å². The van der Waals surface area contributed by atoms with Gasteiger partial charge < -0.3 is 0 Å². The van der Waals surface area contributed by atoms with Crippen LogP contribution in [0.25, 0.3) is 0 Å². The van der Waals surface area contributed by atoms with Crippen molar-refractivity contribution in [3.63, 3.8) is 0 Å². The maximum atomic E-state index is 10.9. The third-order valence-corrected chi connectivity index (χ3v) is 1.55. The fraction of sp³-hybridized carbons (Fsp3) is 0. The SMILES string of the molecule is N#CC(C#N)=C1C(=O)C(=O)C(=O)C1=O. The highest BCUT2D eigenvalue weighted by Crippen LogP contribution is 2.14. The molecule has 1 aliphatic carbocycles. The smallest absolute Gasteiger partial charge is 0.277 e. The Bertz CT molecular complexity index is 454. The van der Waals surface area contributed by atoms with Crippen LogP contribution < -0.4 is 0 Å². The Hall–Kier alpha value is -2.60. The zero-order valence-corrected chi connectivity index (χ0v) is 6.53. The Morgan fingerprint density at radius 3 is 1.43 bits per heavy atom. The molecule has 0 heterocycles. The van der Waals surface area contributed by atoms with Crippen molar-refractivity contribution in [1.82, 2.24) is 0 Å². The van der Waals surface area contributed by atoms with Gasteiger partial charge in [0.15, 0.2) is 0 Å². The molecule has 0 saturated heterocycles. The first-order chi connectivity index (χ1) is 6.54. The lowest BCUT2D eigenvalue weighted by molar-refractivity contribution is -0.142. The first-order valence-electron chi connectivity index (χ1n) is 3.26. The van der Waals surface area contributed by atoms with Gasteiger partial charge >= 0.3 is 0 Å². The van der Waals surface area contributed by atoms with E-state index in [1.54, 1.807) is 0 Å². The average molecular weight is 188 g/mol. The molecule has 0 radical (unpaired) electrons. The van der Waals surface area contributed by atoms with Crippen LogP contribution in [0.5, 0.6) is 0 Å². The van der Waals surface area contributed by atoms with Crippen molar-refractivity contribution >= 4 is 23.1 Å². The van der Waals surface area contributed by atoms with Gasteiger partial charge in [0.1, 0.15) is 23.3 Å². The predicted molar refractivity (Wildman–Crippen MR) is 38.3 cm³/mol. The van der Waals surface area contributed by atoms with Crippen molar-refractivity contribution in [2.24, 2.45) is 0 Å². The molecule has 6 heteroatoms. The van der Waals surface area contributed by atoms with E-state index in [4.69, 9.17) is 10.5 Å². The molecule has 1 saturated carbocycles. The van der Waals surface area contributed by atoms with Gasteiger partial charge in [-0.25, -0.2) is 0 Å². The topological polar surface area (TPSA) is 116 Å². The molecule has 0 bridgehead atoms. The van der Waals surface area contributed by atoms with E-state index in [2.05, 4.69) is 0 Å². The summed E-state index contributed by atoms with van der Waals surface area (Å²) in [5.41, 5.74) is -1.72. The van der Waals surface area contributed by atoms with Crippen molar-refractivity contribution in [2.45, 2.75) is 0 Å². The van der Waals surface area contributed by atoms with Crippen molar-refractivity contribution in [2.75, 3.05) is 0 Å². The van der Waals surface area contributed by atoms with Gasteiger partial charge in [0.25, 0.3) is 11.6 Å². The van der Waals surface area contributed by atoms with Crippen molar-refractivity contribution in [3.8, 4) is 12.1 Å². The number of rotatable bonds is 0. The average Bonchev–Trinajstić information content (AvgIpc) is 2.37. The Labute approximate surface area is 77.0 Å². The van der Waals surface area contributed by atoms with E-state index in [1.165, 1.54) is 12.1 Å². The van der Waals surface area contributed by atoms with Crippen molar-refractivity contribution < 1.29 is 19.2 Å². The number of Topliss-reactive ketones (excluding diaryl/α,β-unsaturated/α-hetero) is 4. The van der Waals surface area contributed by atoms with Gasteiger partial charge in [0, 0.05) is 0 Å². The first-order valence-corrected chi connectivity index (χ1v) is 3.26. The van der Waals surface area contributed by atoms with Crippen molar-refractivity contribution in [1.29, 1.82) is 10.5 Å². The van der Waals surface area contributed by atoms with Crippen LogP contribution in [0.15, 0.2) is 11.1 Å². The molecule has 0 unspecified atom stereocenters. The normalized spacial score (nSPS) is 15.4. The van der Waals surface area contributed by atoms with Gasteiger partial charge in [0.2, 0.25) is 11.6 Å². The van der Waals surface area contributed by atoms with Gasteiger partial charge in [-0.2, -0.15) is 10.5 Å². The Morgan fingerprint density at radius 2 is 1.14 bits per heavy atom. The Kier molecular flexibility index (Phi) is 2.06. The molecular weight excluding hydrogens is 188 g/mol. The number of ketones is 4. The standard InChI is InChI=1S/C8N2O4/c9-1-3(2-10)4-5(11)7(13)8(14)6(4)12. The Morgan fingerprint density at radius 1 is 0.786 bits per heavy atom. The molecule has 0 aromatic heterocycles. The minimum Gasteiger partial charge on any atom is -0.284 e. The van der Waals surface area contributed by atoms with Crippen LogP contribution in [0.1, 0.15) is 0 Å². The van der Waals surface area contributed by atoms with Gasteiger partial charge in [-0.05, 0) is 0 Å². The van der Waals surface area contributed by atoms with E-state index < -0.39 is 34.3 Å². The summed E-state index contributed by atoms with van der Waals surface area (Å²) < 4.78 is 0. The van der Waals surface area contributed by atoms with E-state index in [-0.39, 0.29) is 0 Å². The molecule has 0 amide bonds. The molecule has 6 nitrogen and oxygen atoms in total. The summed E-state index contributed by atoms with van der Waals surface area (Å²) >= 11 is 0. The summed E-state index contributed by atoms with van der Waals surface area (Å²) in [5, 5.41) is 16.7. The highest BCUT2D eigenvalue weighted by Gasteiger charge is 2.45. The maximum absolute atomic E-state index is 10.9. The molecule has 0 aliphatic heterocycles. The molecule has 0 atom stereocenters. The number of allylic oxidation sites excluding steroid dienone is 2.